The summed E-state index contributed by atoms with van der Waals surface area (Å²) < 4.78 is 5.91. The van der Waals surface area contributed by atoms with Gasteiger partial charge in [-0.3, -0.25) is 0 Å². The first-order valence-corrected chi connectivity index (χ1v) is 8.93. The predicted octanol–water partition coefficient (Wildman–Crippen LogP) is 5.54. The Morgan fingerprint density at radius 1 is 1.07 bits per heavy atom. The van der Waals surface area contributed by atoms with Gasteiger partial charge in [0.1, 0.15) is 12.4 Å². The number of carboxylic acid groups (broad SMARTS) is 1. The van der Waals surface area contributed by atoms with Gasteiger partial charge in [0.25, 0.3) is 0 Å². The Balaban J connectivity index is 1.61. The highest BCUT2D eigenvalue weighted by atomic mass is 35.5. The lowest BCUT2D eigenvalue weighted by atomic mass is 10.1. The summed E-state index contributed by atoms with van der Waals surface area (Å²) in [5.74, 6) is -0.234. The molecule has 4 nitrogen and oxygen atoms in total. The Morgan fingerprint density at radius 3 is 2.63 bits per heavy atom. The minimum atomic E-state index is -1.04. The number of aromatic carboxylic acids is 1. The Kier molecular flexibility index (Phi) is 5.99. The summed E-state index contributed by atoms with van der Waals surface area (Å²) in [7, 11) is 0. The topological polar surface area (TPSA) is 58.6 Å². The van der Waals surface area contributed by atoms with Crippen LogP contribution in [0.1, 0.15) is 27.0 Å². The summed E-state index contributed by atoms with van der Waals surface area (Å²) in [5.41, 5.74) is 4.27. The van der Waals surface area contributed by atoms with Crippen LogP contribution >= 0.6 is 11.6 Å². The first kappa shape index (κ1) is 18.8. The lowest BCUT2D eigenvalue weighted by Crippen LogP contribution is -2.02. The van der Waals surface area contributed by atoms with Crippen molar-refractivity contribution in [1.29, 1.82) is 0 Å². The number of hydrogen-bond donors (Lipinski definition) is 2. The highest BCUT2D eigenvalue weighted by molar-refractivity contribution is 6.33. The van der Waals surface area contributed by atoms with Gasteiger partial charge in [-0.05, 0) is 53.9 Å². The second-order valence-electron chi connectivity index (χ2n) is 6.22. The van der Waals surface area contributed by atoms with Crippen molar-refractivity contribution in [3.05, 3.63) is 94.0 Å². The molecule has 0 aliphatic heterocycles. The van der Waals surface area contributed by atoms with Crippen molar-refractivity contribution in [2.24, 2.45) is 0 Å². The SMILES string of the molecule is Cc1ccccc1COc1cccc(CNc2ccc(C(=O)O)c(Cl)c2)c1. The van der Waals surface area contributed by atoms with Crippen LogP contribution in [0.3, 0.4) is 0 Å². The molecule has 5 heteroatoms. The van der Waals surface area contributed by atoms with Crippen molar-refractivity contribution >= 4 is 23.3 Å². The molecule has 0 atom stereocenters. The van der Waals surface area contributed by atoms with Crippen LogP contribution in [0.2, 0.25) is 5.02 Å². The monoisotopic (exact) mass is 381 g/mol. The van der Waals surface area contributed by atoms with Gasteiger partial charge in [-0.1, -0.05) is 48.0 Å². The van der Waals surface area contributed by atoms with Crippen LogP contribution in [-0.2, 0) is 13.2 Å². The van der Waals surface area contributed by atoms with Crippen molar-refractivity contribution in [2.45, 2.75) is 20.1 Å². The van der Waals surface area contributed by atoms with E-state index in [9.17, 15) is 4.79 Å². The van der Waals surface area contributed by atoms with E-state index in [1.54, 1.807) is 12.1 Å². The molecule has 0 fully saturated rings. The molecular formula is C22H20ClNO3. The van der Waals surface area contributed by atoms with E-state index in [2.05, 4.69) is 24.4 Å². The number of hydrogen-bond acceptors (Lipinski definition) is 3. The van der Waals surface area contributed by atoms with Gasteiger partial charge < -0.3 is 15.2 Å². The maximum atomic E-state index is 11.0. The largest absolute Gasteiger partial charge is 0.489 e. The fourth-order valence-electron chi connectivity index (χ4n) is 2.68. The van der Waals surface area contributed by atoms with Gasteiger partial charge in [-0.25, -0.2) is 4.79 Å². The fourth-order valence-corrected chi connectivity index (χ4v) is 2.94. The molecule has 2 N–H and O–H groups in total. The van der Waals surface area contributed by atoms with Crippen LogP contribution in [0.5, 0.6) is 5.75 Å². The Morgan fingerprint density at radius 2 is 1.89 bits per heavy atom. The average molecular weight is 382 g/mol. The molecule has 0 saturated heterocycles. The van der Waals surface area contributed by atoms with Gasteiger partial charge in [0.2, 0.25) is 0 Å². The molecule has 0 radical (unpaired) electrons. The molecule has 0 saturated carbocycles. The van der Waals surface area contributed by atoms with E-state index in [1.807, 2.05) is 36.4 Å². The lowest BCUT2D eigenvalue weighted by molar-refractivity contribution is 0.0697. The normalized spacial score (nSPS) is 10.4. The third-order valence-corrected chi connectivity index (χ3v) is 4.56. The van der Waals surface area contributed by atoms with E-state index in [0.717, 1.165) is 22.6 Å². The molecule has 138 valence electrons. The molecule has 3 aromatic carbocycles. The Bertz CT molecular complexity index is 956. The highest BCUT2D eigenvalue weighted by Gasteiger charge is 2.08. The molecule has 0 heterocycles. The summed E-state index contributed by atoms with van der Waals surface area (Å²) in [5, 5.41) is 12.5. The van der Waals surface area contributed by atoms with Crippen LogP contribution < -0.4 is 10.1 Å². The molecule has 0 amide bonds. The number of anilines is 1. The van der Waals surface area contributed by atoms with Crippen molar-refractivity contribution in [3.63, 3.8) is 0 Å². The minimum Gasteiger partial charge on any atom is -0.489 e. The number of rotatable bonds is 7. The first-order valence-electron chi connectivity index (χ1n) is 8.56. The molecule has 3 aromatic rings. The third kappa shape index (κ3) is 5.02. The molecule has 0 aliphatic rings. The van der Waals surface area contributed by atoms with Gasteiger partial charge >= 0.3 is 5.97 Å². The highest BCUT2D eigenvalue weighted by Crippen LogP contribution is 2.22. The van der Waals surface area contributed by atoms with Crippen molar-refractivity contribution in [2.75, 3.05) is 5.32 Å². The van der Waals surface area contributed by atoms with Crippen LogP contribution in [0, 0.1) is 6.92 Å². The standard InChI is InChI=1S/C22H20ClNO3/c1-15-5-2-3-7-17(15)14-27-19-8-4-6-16(11-19)13-24-18-9-10-20(22(25)26)21(23)12-18/h2-12,24H,13-14H2,1H3,(H,25,26). The zero-order valence-corrected chi connectivity index (χ0v) is 15.7. The smallest absolute Gasteiger partial charge is 0.337 e. The zero-order valence-electron chi connectivity index (χ0n) is 14.9. The lowest BCUT2D eigenvalue weighted by Gasteiger charge is -2.11. The molecule has 0 unspecified atom stereocenters. The quantitative estimate of drug-likeness (QED) is 0.564. The molecule has 27 heavy (non-hydrogen) atoms. The number of aryl methyl sites for hydroxylation is 1. The summed E-state index contributed by atoms with van der Waals surface area (Å²) >= 11 is 6.00. The van der Waals surface area contributed by atoms with E-state index in [-0.39, 0.29) is 10.6 Å². The van der Waals surface area contributed by atoms with Gasteiger partial charge in [-0.15, -0.1) is 0 Å². The first-order chi connectivity index (χ1) is 13.0. The van der Waals surface area contributed by atoms with Crippen LogP contribution in [0.15, 0.2) is 66.7 Å². The van der Waals surface area contributed by atoms with Crippen molar-refractivity contribution in [1.82, 2.24) is 0 Å². The molecule has 0 aliphatic carbocycles. The second kappa shape index (κ2) is 8.60. The maximum Gasteiger partial charge on any atom is 0.337 e. The Labute approximate surface area is 163 Å². The van der Waals surface area contributed by atoms with E-state index in [4.69, 9.17) is 21.4 Å². The van der Waals surface area contributed by atoms with Crippen molar-refractivity contribution < 1.29 is 14.6 Å². The van der Waals surface area contributed by atoms with Gasteiger partial charge in [0, 0.05) is 12.2 Å². The van der Waals surface area contributed by atoms with Gasteiger partial charge in [0.15, 0.2) is 0 Å². The number of halogens is 1. The molecule has 0 bridgehead atoms. The van der Waals surface area contributed by atoms with Crippen LogP contribution in [0.25, 0.3) is 0 Å². The summed E-state index contributed by atoms with van der Waals surface area (Å²) in [4.78, 5) is 11.0. The maximum absolute atomic E-state index is 11.0. The Hall–Kier alpha value is -2.98. The zero-order chi connectivity index (χ0) is 19.2. The summed E-state index contributed by atoms with van der Waals surface area (Å²) in [6.07, 6.45) is 0. The third-order valence-electron chi connectivity index (χ3n) is 4.25. The van der Waals surface area contributed by atoms with Gasteiger partial charge in [-0.2, -0.15) is 0 Å². The summed E-state index contributed by atoms with van der Waals surface area (Å²) in [6, 6.07) is 20.8. The molecule has 0 aromatic heterocycles. The minimum absolute atomic E-state index is 0.0915. The molecule has 3 rings (SSSR count). The van der Waals surface area contributed by atoms with Crippen LogP contribution in [-0.4, -0.2) is 11.1 Å². The van der Waals surface area contributed by atoms with Gasteiger partial charge in [0.05, 0.1) is 10.6 Å². The fraction of sp³-hybridized carbons (Fsp3) is 0.136. The van der Waals surface area contributed by atoms with E-state index >= 15 is 0 Å². The number of carbonyl (C=O) groups is 1. The van der Waals surface area contributed by atoms with E-state index < -0.39 is 5.97 Å². The molecular weight excluding hydrogens is 362 g/mol. The number of ether oxygens (including phenoxy) is 1. The number of nitrogens with one attached hydrogen (secondary N) is 1. The van der Waals surface area contributed by atoms with E-state index in [0.29, 0.717) is 13.2 Å². The summed E-state index contributed by atoms with van der Waals surface area (Å²) in [6.45, 7) is 3.17. The number of benzene rings is 3. The average Bonchev–Trinajstić information content (AvgIpc) is 2.66. The molecule has 0 spiro atoms. The number of carboxylic acids is 1. The van der Waals surface area contributed by atoms with E-state index in [1.165, 1.54) is 11.6 Å². The second-order valence-corrected chi connectivity index (χ2v) is 6.62. The predicted molar refractivity (Wildman–Crippen MR) is 108 cm³/mol. The van der Waals surface area contributed by atoms with Crippen molar-refractivity contribution in [3.8, 4) is 5.75 Å². The van der Waals surface area contributed by atoms with Crippen LogP contribution in [0.4, 0.5) is 5.69 Å².